The van der Waals surface area contributed by atoms with E-state index in [0.717, 1.165) is 36.9 Å². The maximum atomic E-state index is 13.0. The maximum absolute atomic E-state index is 13.0. The van der Waals surface area contributed by atoms with Crippen LogP contribution in [0.15, 0.2) is 16.9 Å². The van der Waals surface area contributed by atoms with Crippen LogP contribution in [0.1, 0.15) is 58.4 Å². The number of carbonyl (C=O) groups is 1. The molecule has 32 heavy (non-hydrogen) atoms. The highest BCUT2D eigenvalue weighted by Crippen LogP contribution is 2.44. The van der Waals surface area contributed by atoms with Gasteiger partial charge in [-0.1, -0.05) is 11.6 Å². The van der Waals surface area contributed by atoms with Crippen LogP contribution in [0.5, 0.6) is 11.5 Å². The zero-order valence-electron chi connectivity index (χ0n) is 18.7. The van der Waals surface area contributed by atoms with Gasteiger partial charge in [-0.15, -0.1) is 0 Å². The summed E-state index contributed by atoms with van der Waals surface area (Å²) in [7, 11) is 0. The number of halogens is 1. The van der Waals surface area contributed by atoms with Gasteiger partial charge in [-0.25, -0.2) is 0 Å². The molecule has 0 saturated heterocycles. The van der Waals surface area contributed by atoms with E-state index in [9.17, 15) is 9.59 Å². The van der Waals surface area contributed by atoms with E-state index in [4.69, 9.17) is 26.8 Å². The third-order valence-corrected chi connectivity index (χ3v) is 6.89. The quantitative estimate of drug-likeness (QED) is 0.648. The lowest BCUT2D eigenvalue weighted by Gasteiger charge is -2.36. The van der Waals surface area contributed by atoms with Crippen LogP contribution in [0.2, 0.25) is 5.02 Å². The first-order chi connectivity index (χ1) is 15.2. The summed E-state index contributed by atoms with van der Waals surface area (Å²) in [5.74, 6) is 1.06. The number of hydrogen-bond acceptors (Lipinski definition) is 5. The summed E-state index contributed by atoms with van der Waals surface area (Å²) in [6, 6.07) is 3.74. The zero-order chi connectivity index (χ0) is 23.0. The number of pyridine rings is 1. The average Bonchev–Trinajstić information content (AvgIpc) is 2.75. The number of amides is 1. The number of aryl methyl sites for hydroxylation is 2. The molecule has 1 atom stereocenters. The van der Waals surface area contributed by atoms with E-state index in [1.807, 2.05) is 26.8 Å². The molecular weight excluding hydrogens is 430 g/mol. The van der Waals surface area contributed by atoms with Gasteiger partial charge in [0.15, 0.2) is 11.5 Å². The molecule has 1 aromatic carbocycles. The fraction of sp³-hybridized carbons (Fsp3) is 0.500. The van der Waals surface area contributed by atoms with Gasteiger partial charge in [0.1, 0.15) is 12.7 Å². The number of hydrogen-bond donors (Lipinski definition) is 3. The lowest BCUT2D eigenvalue weighted by atomic mass is 9.83. The highest BCUT2D eigenvalue weighted by Gasteiger charge is 2.34. The molecule has 1 aromatic heterocycles. The number of benzene rings is 1. The van der Waals surface area contributed by atoms with Gasteiger partial charge in [-0.2, -0.15) is 0 Å². The number of ether oxygens (including phenoxy) is 2. The van der Waals surface area contributed by atoms with Crippen molar-refractivity contribution >= 4 is 17.5 Å². The molecule has 4 N–H and O–H groups in total. The molecule has 0 bridgehead atoms. The van der Waals surface area contributed by atoms with Crippen LogP contribution < -0.4 is 26.1 Å². The Balaban J connectivity index is 1.53. The Kier molecular flexibility index (Phi) is 6.49. The summed E-state index contributed by atoms with van der Waals surface area (Å²) in [6.07, 6.45) is 3.88. The van der Waals surface area contributed by atoms with E-state index in [2.05, 4.69) is 10.3 Å². The van der Waals surface area contributed by atoms with Gasteiger partial charge in [0, 0.05) is 35.0 Å². The minimum Gasteiger partial charge on any atom is -0.484 e. The van der Waals surface area contributed by atoms with Crippen molar-refractivity contribution in [2.45, 2.75) is 65.1 Å². The van der Waals surface area contributed by atoms with E-state index in [-0.39, 0.29) is 30.2 Å². The van der Waals surface area contributed by atoms with Gasteiger partial charge >= 0.3 is 0 Å². The second-order valence-corrected chi connectivity index (χ2v) is 9.36. The predicted octanol–water partition coefficient (Wildman–Crippen LogP) is 3.54. The summed E-state index contributed by atoms with van der Waals surface area (Å²) in [5, 5.41) is 3.18. The molecule has 172 valence electrons. The summed E-state index contributed by atoms with van der Waals surface area (Å²) in [4.78, 5) is 28.0. The Morgan fingerprint density at radius 2 is 1.91 bits per heavy atom. The van der Waals surface area contributed by atoms with Crippen LogP contribution in [0.3, 0.4) is 0 Å². The molecule has 0 spiro atoms. The number of nitrogens with one attached hydrogen (secondary N) is 2. The van der Waals surface area contributed by atoms with Crippen LogP contribution in [0.25, 0.3) is 0 Å². The number of carbonyl (C=O) groups excluding carboxylic acids is 1. The van der Waals surface area contributed by atoms with E-state index in [1.165, 1.54) is 0 Å². The van der Waals surface area contributed by atoms with Crippen molar-refractivity contribution in [3.8, 4) is 11.5 Å². The van der Waals surface area contributed by atoms with Crippen molar-refractivity contribution in [3.63, 3.8) is 0 Å². The molecule has 1 unspecified atom stereocenters. The molecule has 4 rings (SSSR count). The molecule has 1 saturated carbocycles. The SMILES string of the molecule is Cc1cc(C)c(CNC(=O)c2cc(Cl)c3c(c2C)OC(C2CCC(N)CC2)CO3)c(=O)[nH]1. The molecule has 1 fully saturated rings. The summed E-state index contributed by atoms with van der Waals surface area (Å²) in [5.41, 5.74) is 9.07. The van der Waals surface area contributed by atoms with E-state index < -0.39 is 0 Å². The average molecular weight is 460 g/mol. The fourth-order valence-corrected chi connectivity index (χ4v) is 4.93. The fourth-order valence-electron chi connectivity index (χ4n) is 4.68. The van der Waals surface area contributed by atoms with Crippen LogP contribution in [-0.2, 0) is 6.54 Å². The largest absolute Gasteiger partial charge is 0.484 e. The lowest BCUT2D eigenvalue weighted by Crippen LogP contribution is -2.40. The molecule has 7 nitrogen and oxygen atoms in total. The zero-order valence-corrected chi connectivity index (χ0v) is 19.5. The van der Waals surface area contributed by atoms with Crippen molar-refractivity contribution in [1.29, 1.82) is 0 Å². The van der Waals surface area contributed by atoms with Gasteiger partial charge in [-0.05, 0) is 70.1 Å². The van der Waals surface area contributed by atoms with Gasteiger partial charge < -0.3 is 25.5 Å². The van der Waals surface area contributed by atoms with Crippen LogP contribution in [-0.4, -0.2) is 29.6 Å². The lowest BCUT2D eigenvalue weighted by molar-refractivity contribution is 0.0315. The Bertz CT molecular complexity index is 1090. The van der Waals surface area contributed by atoms with Crippen LogP contribution in [0.4, 0.5) is 0 Å². The molecule has 0 radical (unpaired) electrons. The second-order valence-electron chi connectivity index (χ2n) is 8.96. The minimum absolute atomic E-state index is 0.0863. The Hall–Kier alpha value is -2.51. The Morgan fingerprint density at radius 3 is 2.59 bits per heavy atom. The summed E-state index contributed by atoms with van der Waals surface area (Å²) < 4.78 is 12.3. The Labute approximate surface area is 192 Å². The molecule has 1 amide bonds. The molecule has 2 aliphatic rings. The third kappa shape index (κ3) is 4.50. The topological polar surface area (TPSA) is 106 Å². The number of fused-ring (bicyclic) bond motifs is 1. The van der Waals surface area contributed by atoms with Crippen LogP contribution >= 0.6 is 11.6 Å². The predicted molar refractivity (Wildman–Crippen MR) is 124 cm³/mol. The van der Waals surface area contributed by atoms with Gasteiger partial charge in [-0.3, -0.25) is 9.59 Å². The maximum Gasteiger partial charge on any atom is 0.253 e. The number of nitrogens with two attached hydrogens (primary N) is 1. The summed E-state index contributed by atoms with van der Waals surface area (Å²) in [6.45, 7) is 6.07. The van der Waals surface area contributed by atoms with E-state index >= 15 is 0 Å². The van der Waals surface area contributed by atoms with Gasteiger partial charge in [0.05, 0.1) is 5.02 Å². The minimum atomic E-state index is -0.319. The molecule has 1 aliphatic carbocycles. The van der Waals surface area contributed by atoms with E-state index in [1.54, 1.807) is 6.07 Å². The summed E-state index contributed by atoms with van der Waals surface area (Å²) >= 11 is 6.44. The van der Waals surface area contributed by atoms with Crippen molar-refractivity contribution in [2.24, 2.45) is 11.7 Å². The highest BCUT2D eigenvalue weighted by molar-refractivity contribution is 6.32. The number of H-pyrrole nitrogens is 1. The first-order valence-electron chi connectivity index (χ1n) is 11.1. The molecule has 8 heteroatoms. The van der Waals surface area contributed by atoms with Crippen molar-refractivity contribution < 1.29 is 14.3 Å². The number of aromatic amines is 1. The molecule has 2 heterocycles. The van der Waals surface area contributed by atoms with Crippen molar-refractivity contribution in [1.82, 2.24) is 10.3 Å². The van der Waals surface area contributed by atoms with Gasteiger partial charge in [0.2, 0.25) is 0 Å². The normalized spacial score (nSPS) is 22.5. The highest BCUT2D eigenvalue weighted by atomic mass is 35.5. The monoisotopic (exact) mass is 459 g/mol. The molecular formula is C24H30ClN3O4. The standard InChI is InChI=1S/C24H30ClN3O4/c1-12-8-13(2)28-24(30)18(12)10-27-23(29)17-9-19(25)22-21(14(17)3)32-20(11-31-22)15-4-6-16(26)7-5-15/h8-9,15-16,20H,4-7,10-11,26H2,1-3H3,(H,27,29)(H,28,30). The number of aromatic nitrogens is 1. The molecule has 1 aliphatic heterocycles. The van der Waals surface area contributed by atoms with Crippen molar-refractivity contribution in [2.75, 3.05) is 6.61 Å². The number of rotatable bonds is 4. The Morgan fingerprint density at radius 1 is 1.19 bits per heavy atom. The molecule has 2 aromatic rings. The van der Waals surface area contributed by atoms with Crippen molar-refractivity contribution in [3.05, 3.63) is 55.5 Å². The first-order valence-corrected chi connectivity index (χ1v) is 11.5. The smallest absolute Gasteiger partial charge is 0.253 e. The second kappa shape index (κ2) is 9.16. The van der Waals surface area contributed by atoms with Gasteiger partial charge in [0.25, 0.3) is 11.5 Å². The first kappa shape index (κ1) is 22.7. The van der Waals surface area contributed by atoms with Crippen LogP contribution in [0, 0.1) is 26.7 Å². The van der Waals surface area contributed by atoms with E-state index in [0.29, 0.717) is 45.7 Å². The third-order valence-electron chi connectivity index (χ3n) is 6.61.